The number of amides is 1. The monoisotopic (exact) mass is 462 g/mol. The molecule has 4 aromatic rings. The number of thioether (sulfide) groups is 1. The number of nitrogens with zero attached hydrogens (tertiary/aromatic N) is 3. The highest BCUT2D eigenvalue weighted by Gasteiger charge is 2.18. The van der Waals surface area contributed by atoms with E-state index in [4.69, 9.17) is 4.74 Å². The van der Waals surface area contributed by atoms with Gasteiger partial charge in [-0.25, -0.2) is 4.39 Å². The molecule has 1 aromatic heterocycles. The van der Waals surface area contributed by atoms with Crippen LogP contribution in [0.1, 0.15) is 24.4 Å². The lowest BCUT2D eigenvalue weighted by Gasteiger charge is -2.14. The van der Waals surface area contributed by atoms with Crippen LogP contribution in [0.15, 0.2) is 90.1 Å². The van der Waals surface area contributed by atoms with Crippen LogP contribution in [0.5, 0.6) is 5.75 Å². The molecule has 4 rings (SSSR count). The molecule has 0 aliphatic rings. The summed E-state index contributed by atoms with van der Waals surface area (Å²) in [5.41, 5.74) is 1.87. The summed E-state index contributed by atoms with van der Waals surface area (Å²) in [5, 5.41) is 12.0. The zero-order valence-corrected chi connectivity index (χ0v) is 18.8. The van der Waals surface area contributed by atoms with Crippen LogP contribution in [0, 0.1) is 5.82 Å². The SMILES string of the molecule is C[C@@H](NC(=O)CSc1nnc(COc2ccccc2F)n1-c1ccccc1)c1ccccc1. The van der Waals surface area contributed by atoms with Crippen molar-refractivity contribution in [3.63, 3.8) is 0 Å². The van der Waals surface area contributed by atoms with Crippen molar-refractivity contribution in [3.8, 4) is 11.4 Å². The van der Waals surface area contributed by atoms with Crippen molar-refractivity contribution in [1.29, 1.82) is 0 Å². The van der Waals surface area contributed by atoms with Crippen molar-refractivity contribution < 1.29 is 13.9 Å². The van der Waals surface area contributed by atoms with Gasteiger partial charge in [-0.3, -0.25) is 9.36 Å². The van der Waals surface area contributed by atoms with Gasteiger partial charge in [0.25, 0.3) is 0 Å². The molecule has 1 N–H and O–H groups in total. The van der Waals surface area contributed by atoms with Crippen molar-refractivity contribution in [2.45, 2.75) is 24.7 Å². The number of nitrogens with one attached hydrogen (secondary N) is 1. The molecule has 1 atom stereocenters. The first-order chi connectivity index (χ1) is 16.1. The highest BCUT2D eigenvalue weighted by atomic mass is 32.2. The molecule has 0 unspecified atom stereocenters. The molecule has 1 heterocycles. The number of carbonyl (C=O) groups is 1. The maximum atomic E-state index is 13.9. The van der Waals surface area contributed by atoms with E-state index in [0.29, 0.717) is 11.0 Å². The summed E-state index contributed by atoms with van der Waals surface area (Å²) in [7, 11) is 0. The first-order valence-electron chi connectivity index (χ1n) is 10.5. The van der Waals surface area contributed by atoms with Gasteiger partial charge in [-0.2, -0.15) is 0 Å². The average molecular weight is 463 g/mol. The number of benzene rings is 3. The van der Waals surface area contributed by atoms with E-state index in [-0.39, 0.29) is 30.1 Å². The average Bonchev–Trinajstić information content (AvgIpc) is 3.26. The smallest absolute Gasteiger partial charge is 0.230 e. The molecule has 0 spiro atoms. The maximum Gasteiger partial charge on any atom is 0.230 e. The van der Waals surface area contributed by atoms with Gasteiger partial charge >= 0.3 is 0 Å². The molecule has 33 heavy (non-hydrogen) atoms. The van der Waals surface area contributed by atoms with E-state index in [1.54, 1.807) is 18.2 Å². The van der Waals surface area contributed by atoms with Gasteiger partial charge in [0.05, 0.1) is 11.8 Å². The minimum Gasteiger partial charge on any atom is -0.483 e. The Balaban J connectivity index is 1.47. The largest absolute Gasteiger partial charge is 0.483 e. The zero-order chi connectivity index (χ0) is 23.0. The van der Waals surface area contributed by atoms with Crippen molar-refractivity contribution in [1.82, 2.24) is 20.1 Å². The maximum absolute atomic E-state index is 13.9. The lowest BCUT2D eigenvalue weighted by atomic mass is 10.1. The Labute approximate surface area is 195 Å². The number of aromatic nitrogens is 3. The molecule has 0 saturated heterocycles. The van der Waals surface area contributed by atoms with Crippen LogP contribution < -0.4 is 10.1 Å². The van der Waals surface area contributed by atoms with Crippen molar-refractivity contribution in [2.75, 3.05) is 5.75 Å². The summed E-state index contributed by atoms with van der Waals surface area (Å²) >= 11 is 1.28. The highest BCUT2D eigenvalue weighted by Crippen LogP contribution is 2.24. The summed E-state index contributed by atoms with van der Waals surface area (Å²) in [6.45, 7) is 1.98. The standard InChI is InChI=1S/C25H23FN4O2S/c1-18(19-10-4-2-5-11-19)27-24(31)17-33-25-29-28-23(30(25)20-12-6-3-7-13-20)16-32-22-15-9-8-14-21(22)26/h2-15,18H,16-17H2,1H3,(H,27,31)/t18-/m1/s1. The second-order valence-electron chi connectivity index (χ2n) is 7.28. The zero-order valence-electron chi connectivity index (χ0n) is 18.0. The molecule has 168 valence electrons. The van der Waals surface area contributed by atoms with Crippen LogP contribution >= 0.6 is 11.8 Å². The molecule has 0 radical (unpaired) electrons. The third-order valence-electron chi connectivity index (χ3n) is 4.92. The molecule has 0 aliphatic heterocycles. The van der Waals surface area contributed by atoms with Gasteiger partial charge in [-0.05, 0) is 36.8 Å². The van der Waals surface area contributed by atoms with E-state index in [2.05, 4.69) is 15.5 Å². The Morgan fingerprint density at radius 1 is 1.00 bits per heavy atom. The third kappa shape index (κ3) is 5.78. The van der Waals surface area contributed by atoms with Gasteiger partial charge in [0.2, 0.25) is 5.91 Å². The first-order valence-corrected chi connectivity index (χ1v) is 11.4. The van der Waals surface area contributed by atoms with Crippen LogP contribution in [0.25, 0.3) is 5.69 Å². The number of carbonyl (C=O) groups excluding carboxylic acids is 1. The van der Waals surface area contributed by atoms with Crippen LogP contribution in [0.2, 0.25) is 0 Å². The van der Waals surface area contributed by atoms with E-state index < -0.39 is 5.82 Å². The number of rotatable bonds is 9. The molecule has 0 saturated carbocycles. The minimum atomic E-state index is -0.443. The lowest BCUT2D eigenvalue weighted by Crippen LogP contribution is -2.28. The Morgan fingerprint density at radius 2 is 1.67 bits per heavy atom. The number of para-hydroxylation sites is 2. The normalized spacial score (nSPS) is 11.7. The molecular formula is C25H23FN4O2S. The fourth-order valence-corrected chi connectivity index (χ4v) is 4.05. The molecular weight excluding hydrogens is 439 g/mol. The van der Waals surface area contributed by atoms with Crippen molar-refractivity contribution in [2.24, 2.45) is 0 Å². The predicted molar refractivity (Wildman–Crippen MR) is 126 cm³/mol. The first kappa shape index (κ1) is 22.5. The Bertz CT molecular complexity index is 1200. The van der Waals surface area contributed by atoms with Crippen LogP contribution in [-0.4, -0.2) is 26.4 Å². The molecule has 0 bridgehead atoms. The fraction of sp³-hybridized carbons (Fsp3) is 0.160. The van der Waals surface area contributed by atoms with Gasteiger partial charge < -0.3 is 10.1 Å². The minimum absolute atomic E-state index is 0.0284. The molecule has 8 heteroatoms. The van der Waals surface area contributed by atoms with Gasteiger partial charge in [0, 0.05) is 5.69 Å². The van der Waals surface area contributed by atoms with Crippen LogP contribution in [0.3, 0.4) is 0 Å². The number of ether oxygens (including phenoxy) is 1. The third-order valence-corrected chi connectivity index (χ3v) is 5.85. The topological polar surface area (TPSA) is 69.0 Å². The Hall–Kier alpha value is -3.65. The number of hydrogen-bond acceptors (Lipinski definition) is 5. The highest BCUT2D eigenvalue weighted by molar-refractivity contribution is 7.99. The van der Waals surface area contributed by atoms with E-state index in [1.165, 1.54) is 17.8 Å². The molecule has 6 nitrogen and oxygen atoms in total. The van der Waals surface area contributed by atoms with Crippen molar-refractivity contribution >= 4 is 17.7 Å². The summed E-state index contributed by atoms with van der Waals surface area (Å²) in [4.78, 5) is 12.5. The van der Waals surface area contributed by atoms with E-state index in [0.717, 1.165) is 11.3 Å². The number of halogens is 1. The molecule has 0 fully saturated rings. The van der Waals surface area contributed by atoms with Crippen LogP contribution in [0.4, 0.5) is 4.39 Å². The summed E-state index contributed by atoms with van der Waals surface area (Å²) < 4.78 is 21.4. The second-order valence-corrected chi connectivity index (χ2v) is 8.22. The fourth-order valence-electron chi connectivity index (χ4n) is 3.27. The van der Waals surface area contributed by atoms with Gasteiger partial charge in [-0.15, -0.1) is 10.2 Å². The van der Waals surface area contributed by atoms with Crippen LogP contribution in [-0.2, 0) is 11.4 Å². The Kier molecular flexibility index (Phi) is 7.36. The molecule has 3 aromatic carbocycles. The summed E-state index contributed by atoms with van der Waals surface area (Å²) in [6, 6.07) is 25.4. The van der Waals surface area contributed by atoms with Gasteiger partial charge in [-0.1, -0.05) is 72.4 Å². The number of hydrogen-bond donors (Lipinski definition) is 1. The quantitative estimate of drug-likeness (QED) is 0.356. The molecule has 1 amide bonds. The summed E-state index contributed by atoms with van der Waals surface area (Å²) in [5.74, 6) is 0.273. The predicted octanol–water partition coefficient (Wildman–Crippen LogP) is 4.95. The second kappa shape index (κ2) is 10.8. The van der Waals surface area contributed by atoms with E-state index >= 15 is 0 Å². The van der Waals surface area contributed by atoms with Gasteiger partial charge in [0.15, 0.2) is 22.5 Å². The summed E-state index contributed by atoms with van der Waals surface area (Å²) in [6.07, 6.45) is 0. The van der Waals surface area contributed by atoms with Crippen molar-refractivity contribution in [3.05, 3.63) is 102 Å². The Morgan fingerprint density at radius 3 is 2.39 bits per heavy atom. The van der Waals surface area contributed by atoms with E-state index in [1.807, 2.05) is 72.2 Å². The van der Waals surface area contributed by atoms with Gasteiger partial charge in [0.1, 0.15) is 6.61 Å². The van der Waals surface area contributed by atoms with E-state index in [9.17, 15) is 9.18 Å². The molecule has 0 aliphatic carbocycles. The lowest BCUT2D eigenvalue weighted by molar-refractivity contribution is -0.119.